The van der Waals surface area contributed by atoms with Gasteiger partial charge in [-0.2, -0.15) is 0 Å². The van der Waals surface area contributed by atoms with Crippen molar-refractivity contribution in [2.75, 3.05) is 0 Å². The van der Waals surface area contributed by atoms with Crippen LogP contribution in [-0.2, 0) is 9.59 Å². The van der Waals surface area contributed by atoms with Crippen molar-refractivity contribution in [1.29, 1.82) is 0 Å². The maximum Gasteiger partial charge on any atom is 0.320 e. The zero-order valence-corrected chi connectivity index (χ0v) is 8.88. The average molecular weight is 230 g/mol. The van der Waals surface area contributed by atoms with Crippen molar-refractivity contribution in [2.45, 2.75) is 12.5 Å². The smallest absolute Gasteiger partial charge is 0.320 e. The van der Waals surface area contributed by atoms with Gasteiger partial charge in [0.05, 0.1) is 5.36 Å². The Balaban J connectivity index is 2.55. The Morgan fingerprint density at radius 3 is 2.82 bits per heavy atom. The molecule has 86 valence electrons. The third-order valence-electron chi connectivity index (χ3n) is 2.59. The number of carbonyl (C=O) groups excluding carboxylic acids is 1. The molecule has 0 aliphatic carbocycles. The van der Waals surface area contributed by atoms with Gasteiger partial charge in [0.25, 0.3) is 0 Å². The molecular weight excluding hydrogens is 220 g/mol. The number of hydrogen-bond donors (Lipinski definition) is 2. The molecule has 17 heavy (non-hydrogen) atoms. The Labute approximate surface area is 96.6 Å². The molecule has 0 radical (unpaired) electrons. The second-order valence-electron chi connectivity index (χ2n) is 3.71. The summed E-state index contributed by atoms with van der Waals surface area (Å²) in [4.78, 5) is 25.6. The molecule has 2 rings (SSSR count). The molecule has 3 N–H and O–H groups in total. The van der Waals surface area contributed by atoms with E-state index >= 15 is 0 Å². The maximum atomic E-state index is 10.8. The number of carboxylic acid groups (broad SMARTS) is 1. The van der Waals surface area contributed by atoms with Crippen LogP contribution in [0, 0.1) is 0 Å². The first kappa shape index (κ1) is 11.3. The number of fused-ring (bicyclic) bond motifs is 1. The summed E-state index contributed by atoms with van der Waals surface area (Å²) in [5.74, 6) is 0.615. The lowest BCUT2D eigenvalue weighted by molar-refractivity contribution is -0.138. The van der Waals surface area contributed by atoms with Crippen molar-refractivity contribution in [3.63, 3.8) is 0 Å². The summed E-state index contributed by atoms with van der Waals surface area (Å²) >= 11 is 0. The summed E-state index contributed by atoms with van der Waals surface area (Å²) in [5, 5.41) is 10.2. The molecule has 0 aromatic heterocycles. The van der Waals surface area contributed by atoms with Gasteiger partial charge in [-0.1, -0.05) is 18.2 Å². The van der Waals surface area contributed by atoms with E-state index in [1.807, 2.05) is 0 Å². The summed E-state index contributed by atoms with van der Waals surface area (Å²) in [6.07, 6.45) is 0.0699. The van der Waals surface area contributed by atoms with Crippen molar-refractivity contribution >= 4 is 17.5 Å². The minimum Gasteiger partial charge on any atom is -0.480 e. The van der Waals surface area contributed by atoms with Crippen LogP contribution < -0.4 is 16.3 Å². The van der Waals surface area contributed by atoms with Gasteiger partial charge in [-0.15, -0.1) is 0 Å². The van der Waals surface area contributed by atoms with Gasteiger partial charge in [0.1, 0.15) is 6.04 Å². The molecule has 1 aromatic carbocycles. The third-order valence-corrected chi connectivity index (χ3v) is 2.59. The maximum absolute atomic E-state index is 10.8. The van der Waals surface area contributed by atoms with Gasteiger partial charge in [0.2, 0.25) is 0 Å². The van der Waals surface area contributed by atoms with E-state index in [1.54, 1.807) is 30.2 Å². The van der Waals surface area contributed by atoms with Crippen LogP contribution in [0.5, 0.6) is 0 Å². The van der Waals surface area contributed by atoms with Crippen LogP contribution in [-0.4, -0.2) is 23.1 Å². The van der Waals surface area contributed by atoms with E-state index in [-0.39, 0.29) is 12.1 Å². The van der Waals surface area contributed by atoms with E-state index < -0.39 is 12.0 Å². The molecule has 0 spiro atoms. The fraction of sp³-hybridized carbons (Fsp3) is 0.167. The molecule has 1 aliphatic heterocycles. The molecule has 0 saturated carbocycles. The number of carboxylic acids is 1. The normalized spacial score (nSPS) is 14.9. The summed E-state index contributed by atoms with van der Waals surface area (Å²) in [6, 6.07) is 6.09. The number of carbonyl (C=O) groups is 1. The van der Waals surface area contributed by atoms with Gasteiger partial charge in [-0.3, -0.25) is 4.79 Å². The molecule has 0 saturated heterocycles. The average Bonchev–Trinajstić information content (AvgIpc) is 2.67. The Morgan fingerprint density at radius 1 is 1.47 bits per heavy atom. The minimum atomic E-state index is -1.10. The zero-order valence-electron chi connectivity index (χ0n) is 8.88. The predicted octanol–water partition coefficient (Wildman–Crippen LogP) is -1.01. The number of hydrogen-bond acceptors (Lipinski definition) is 4. The quantitative estimate of drug-likeness (QED) is 0.650. The molecule has 0 bridgehead atoms. The van der Waals surface area contributed by atoms with Crippen LogP contribution in [0.3, 0.4) is 0 Å². The zero-order chi connectivity index (χ0) is 12.4. The summed E-state index contributed by atoms with van der Waals surface area (Å²) < 4.78 is 0. The Bertz CT molecular complexity index is 642. The van der Waals surface area contributed by atoms with E-state index in [1.165, 1.54) is 0 Å². The van der Waals surface area contributed by atoms with Crippen molar-refractivity contribution in [2.24, 2.45) is 10.7 Å². The second kappa shape index (κ2) is 4.33. The highest BCUT2D eigenvalue weighted by Crippen LogP contribution is 2.16. The van der Waals surface area contributed by atoms with Crippen LogP contribution in [0.4, 0.5) is 0 Å². The highest BCUT2D eigenvalue weighted by atomic mass is 16.4. The summed E-state index contributed by atoms with van der Waals surface area (Å²) in [6.45, 7) is 0. The molecule has 1 aromatic rings. The van der Waals surface area contributed by atoms with Gasteiger partial charge in [0.15, 0.2) is 11.6 Å². The van der Waals surface area contributed by atoms with Crippen molar-refractivity contribution in [3.8, 4) is 0 Å². The predicted molar refractivity (Wildman–Crippen MR) is 60.1 cm³/mol. The standard InChI is InChI=1S/C12H10N2O3/c13-9(12(16)17)5-8-7-3-1-2-4-10(7)14-11(8)6-15/h1-4,9H,5,13H2,(H,16,17)/t9-/m0/s1. The topological polar surface area (TPSA) is 92.8 Å². The molecule has 5 heteroatoms. The van der Waals surface area contributed by atoms with Crippen molar-refractivity contribution < 1.29 is 14.7 Å². The fourth-order valence-corrected chi connectivity index (χ4v) is 1.74. The van der Waals surface area contributed by atoms with Crippen LogP contribution in [0.2, 0.25) is 0 Å². The van der Waals surface area contributed by atoms with Gasteiger partial charge in [0, 0.05) is 17.2 Å². The van der Waals surface area contributed by atoms with Crippen LogP contribution in [0.25, 0.3) is 5.57 Å². The van der Waals surface area contributed by atoms with Gasteiger partial charge in [-0.25, -0.2) is 9.79 Å². The van der Waals surface area contributed by atoms with E-state index in [2.05, 4.69) is 4.99 Å². The van der Waals surface area contributed by atoms with E-state index in [4.69, 9.17) is 10.8 Å². The monoisotopic (exact) mass is 230 g/mol. The van der Waals surface area contributed by atoms with Crippen LogP contribution in [0.1, 0.15) is 6.42 Å². The lowest BCUT2D eigenvalue weighted by Crippen LogP contribution is -2.32. The first-order chi connectivity index (χ1) is 8.13. The van der Waals surface area contributed by atoms with Gasteiger partial charge >= 0.3 is 5.97 Å². The fourth-order valence-electron chi connectivity index (χ4n) is 1.74. The van der Waals surface area contributed by atoms with Gasteiger partial charge in [-0.05, 0) is 6.07 Å². The molecule has 0 unspecified atom stereocenters. The third kappa shape index (κ3) is 2.01. The minimum absolute atomic E-state index is 0.0699. The van der Waals surface area contributed by atoms with Crippen LogP contribution in [0.15, 0.2) is 35.0 Å². The van der Waals surface area contributed by atoms with E-state index in [0.29, 0.717) is 10.9 Å². The largest absolute Gasteiger partial charge is 0.480 e. The Kier molecular flexibility index (Phi) is 2.87. The lowest BCUT2D eigenvalue weighted by atomic mass is 10.0. The highest BCUT2D eigenvalue weighted by molar-refractivity contribution is 5.83. The number of nitrogens with two attached hydrogens (primary N) is 1. The first-order valence-electron chi connectivity index (χ1n) is 5.04. The molecule has 0 amide bonds. The number of benzene rings is 1. The van der Waals surface area contributed by atoms with Crippen molar-refractivity contribution in [1.82, 2.24) is 0 Å². The molecule has 1 aliphatic rings. The number of para-hydroxylation sites is 1. The number of nitrogens with zero attached hydrogens (tertiary/aromatic N) is 1. The molecule has 0 fully saturated rings. The number of aliphatic carboxylic acids is 1. The molecule has 1 heterocycles. The SMILES string of the molecule is N[C@@H](CC1=c2ccccc2=NC1=C=O)C(=O)O. The van der Waals surface area contributed by atoms with Gasteiger partial charge < -0.3 is 10.8 Å². The van der Waals surface area contributed by atoms with Crippen LogP contribution >= 0.6 is 0 Å². The molecular formula is C12H10N2O3. The lowest BCUT2D eigenvalue weighted by Gasteiger charge is -2.06. The number of allylic oxidation sites excluding steroid dienone is 1. The molecule has 1 atom stereocenters. The Morgan fingerprint density at radius 2 is 2.18 bits per heavy atom. The Hall–Kier alpha value is -2.23. The summed E-state index contributed by atoms with van der Waals surface area (Å²) in [5.41, 5.74) is 6.15. The number of rotatable bonds is 3. The van der Waals surface area contributed by atoms with E-state index in [0.717, 1.165) is 5.22 Å². The molecule has 5 nitrogen and oxygen atoms in total. The second-order valence-corrected chi connectivity index (χ2v) is 3.71. The summed E-state index contributed by atoms with van der Waals surface area (Å²) in [7, 11) is 0. The van der Waals surface area contributed by atoms with Crippen molar-refractivity contribution in [3.05, 3.63) is 40.5 Å². The first-order valence-corrected chi connectivity index (χ1v) is 5.04. The highest BCUT2D eigenvalue weighted by Gasteiger charge is 2.20. The van der Waals surface area contributed by atoms with E-state index in [9.17, 15) is 9.59 Å².